The summed E-state index contributed by atoms with van der Waals surface area (Å²) >= 11 is 0. The fourth-order valence-corrected chi connectivity index (χ4v) is 2.41. The van der Waals surface area contributed by atoms with Crippen LogP contribution < -0.4 is 10.6 Å². The van der Waals surface area contributed by atoms with Crippen LogP contribution in [0, 0.1) is 5.92 Å². The SMILES string of the molecule is CNC(=O)CCCNCCC1CCCCC1. The van der Waals surface area contributed by atoms with E-state index < -0.39 is 0 Å². The van der Waals surface area contributed by atoms with Gasteiger partial charge in [-0.05, 0) is 31.8 Å². The fourth-order valence-electron chi connectivity index (χ4n) is 2.41. The summed E-state index contributed by atoms with van der Waals surface area (Å²) in [5.41, 5.74) is 0. The lowest BCUT2D eigenvalue weighted by Gasteiger charge is -2.21. The van der Waals surface area contributed by atoms with Crippen LogP contribution >= 0.6 is 0 Å². The first kappa shape index (κ1) is 13.5. The Balaban J connectivity index is 1.85. The Hall–Kier alpha value is -0.570. The largest absolute Gasteiger partial charge is 0.359 e. The molecule has 0 bridgehead atoms. The highest BCUT2D eigenvalue weighted by Crippen LogP contribution is 2.25. The van der Waals surface area contributed by atoms with Gasteiger partial charge in [0.1, 0.15) is 0 Å². The van der Waals surface area contributed by atoms with Crippen molar-refractivity contribution in [3.63, 3.8) is 0 Å². The van der Waals surface area contributed by atoms with Gasteiger partial charge in [-0.3, -0.25) is 4.79 Å². The summed E-state index contributed by atoms with van der Waals surface area (Å²) in [5.74, 6) is 1.11. The number of nitrogens with one attached hydrogen (secondary N) is 2. The number of rotatable bonds is 7. The zero-order valence-corrected chi connectivity index (χ0v) is 10.6. The predicted octanol–water partition coefficient (Wildman–Crippen LogP) is 2.07. The number of amides is 1. The first-order chi connectivity index (χ1) is 7.83. The summed E-state index contributed by atoms with van der Waals surface area (Å²) < 4.78 is 0. The second kappa shape index (κ2) is 8.57. The summed E-state index contributed by atoms with van der Waals surface area (Å²) in [5, 5.41) is 6.07. The van der Waals surface area contributed by atoms with Gasteiger partial charge in [-0.15, -0.1) is 0 Å². The highest BCUT2D eigenvalue weighted by atomic mass is 16.1. The van der Waals surface area contributed by atoms with Gasteiger partial charge in [0.05, 0.1) is 0 Å². The third-order valence-corrected chi connectivity index (χ3v) is 3.49. The summed E-state index contributed by atoms with van der Waals surface area (Å²) in [6.45, 7) is 2.10. The van der Waals surface area contributed by atoms with E-state index in [0.717, 1.165) is 25.4 Å². The minimum absolute atomic E-state index is 0.147. The minimum Gasteiger partial charge on any atom is -0.359 e. The lowest BCUT2D eigenvalue weighted by atomic mass is 9.87. The molecule has 0 aromatic rings. The van der Waals surface area contributed by atoms with E-state index in [2.05, 4.69) is 10.6 Å². The highest BCUT2D eigenvalue weighted by Gasteiger charge is 2.12. The van der Waals surface area contributed by atoms with Gasteiger partial charge in [0.25, 0.3) is 0 Å². The number of carbonyl (C=O) groups is 1. The Morgan fingerprint density at radius 1 is 1.19 bits per heavy atom. The van der Waals surface area contributed by atoms with Crippen LogP contribution in [0.2, 0.25) is 0 Å². The van der Waals surface area contributed by atoms with Crippen LogP contribution in [0.15, 0.2) is 0 Å². The van der Waals surface area contributed by atoms with Crippen molar-refractivity contribution in [1.82, 2.24) is 10.6 Å². The second-order valence-electron chi connectivity index (χ2n) is 4.82. The monoisotopic (exact) mass is 226 g/mol. The number of carbonyl (C=O) groups excluding carboxylic acids is 1. The molecule has 0 aromatic heterocycles. The lowest BCUT2D eigenvalue weighted by molar-refractivity contribution is -0.120. The summed E-state index contributed by atoms with van der Waals surface area (Å²) in [6.07, 6.45) is 10.1. The molecule has 1 aliphatic carbocycles. The second-order valence-corrected chi connectivity index (χ2v) is 4.82. The van der Waals surface area contributed by atoms with Crippen molar-refractivity contribution < 1.29 is 4.79 Å². The third-order valence-electron chi connectivity index (χ3n) is 3.49. The van der Waals surface area contributed by atoms with Crippen LogP contribution in [0.5, 0.6) is 0 Å². The summed E-state index contributed by atoms with van der Waals surface area (Å²) in [7, 11) is 1.69. The van der Waals surface area contributed by atoms with Gasteiger partial charge in [0.2, 0.25) is 5.91 Å². The van der Waals surface area contributed by atoms with E-state index in [4.69, 9.17) is 0 Å². The van der Waals surface area contributed by atoms with E-state index >= 15 is 0 Å². The van der Waals surface area contributed by atoms with Gasteiger partial charge in [-0.25, -0.2) is 0 Å². The van der Waals surface area contributed by atoms with Gasteiger partial charge in [-0.2, -0.15) is 0 Å². The molecule has 0 unspecified atom stereocenters. The minimum atomic E-state index is 0.147. The first-order valence-electron chi connectivity index (χ1n) is 6.74. The van der Waals surface area contributed by atoms with E-state index in [1.165, 1.54) is 38.5 Å². The van der Waals surface area contributed by atoms with E-state index in [1.807, 2.05) is 0 Å². The Morgan fingerprint density at radius 2 is 1.94 bits per heavy atom. The average molecular weight is 226 g/mol. The molecule has 3 nitrogen and oxygen atoms in total. The van der Waals surface area contributed by atoms with Crippen molar-refractivity contribution in [2.45, 2.75) is 51.4 Å². The zero-order valence-electron chi connectivity index (χ0n) is 10.6. The van der Waals surface area contributed by atoms with Crippen LogP contribution in [-0.4, -0.2) is 26.0 Å². The van der Waals surface area contributed by atoms with Crippen LogP contribution in [0.25, 0.3) is 0 Å². The molecule has 1 fully saturated rings. The molecule has 0 spiro atoms. The maximum atomic E-state index is 11.0. The predicted molar refractivity (Wildman–Crippen MR) is 67.4 cm³/mol. The molecule has 0 aliphatic heterocycles. The van der Waals surface area contributed by atoms with Crippen molar-refractivity contribution >= 4 is 5.91 Å². The average Bonchev–Trinajstić information content (AvgIpc) is 2.34. The Kier molecular flexibility index (Phi) is 7.23. The van der Waals surface area contributed by atoms with Crippen LogP contribution in [-0.2, 0) is 4.79 Å². The quantitative estimate of drug-likeness (QED) is 0.653. The Morgan fingerprint density at radius 3 is 2.62 bits per heavy atom. The molecule has 0 atom stereocenters. The summed E-state index contributed by atoms with van der Waals surface area (Å²) in [4.78, 5) is 11.0. The Labute approximate surface area is 99.4 Å². The van der Waals surface area contributed by atoms with Crippen LogP contribution in [0.3, 0.4) is 0 Å². The van der Waals surface area contributed by atoms with Crippen LogP contribution in [0.4, 0.5) is 0 Å². The van der Waals surface area contributed by atoms with Gasteiger partial charge in [0, 0.05) is 13.5 Å². The maximum Gasteiger partial charge on any atom is 0.219 e. The maximum absolute atomic E-state index is 11.0. The molecular weight excluding hydrogens is 200 g/mol. The van der Waals surface area contributed by atoms with Gasteiger partial charge < -0.3 is 10.6 Å². The standard InChI is InChI=1S/C13H26N2O/c1-14-13(16)8-5-10-15-11-9-12-6-3-2-4-7-12/h12,15H,2-11H2,1H3,(H,14,16). The van der Waals surface area contributed by atoms with E-state index in [0.29, 0.717) is 6.42 Å². The zero-order chi connectivity index (χ0) is 11.6. The van der Waals surface area contributed by atoms with Gasteiger partial charge >= 0.3 is 0 Å². The molecule has 3 heteroatoms. The molecule has 1 rings (SSSR count). The number of hydrogen-bond acceptors (Lipinski definition) is 2. The van der Waals surface area contributed by atoms with Crippen molar-refractivity contribution in [3.05, 3.63) is 0 Å². The van der Waals surface area contributed by atoms with Crippen LogP contribution in [0.1, 0.15) is 51.4 Å². The topological polar surface area (TPSA) is 41.1 Å². The van der Waals surface area contributed by atoms with E-state index in [-0.39, 0.29) is 5.91 Å². The fraction of sp³-hybridized carbons (Fsp3) is 0.923. The van der Waals surface area contributed by atoms with Crippen molar-refractivity contribution in [2.75, 3.05) is 20.1 Å². The van der Waals surface area contributed by atoms with Crippen molar-refractivity contribution in [2.24, 2.45) is 5.92 Å². The molecule has 16 heavy (non-hydrogen) atoms. The van der Waals surface area contributed by atoms with Gasteiger partial charge in [0.15, 0.2) is 0 Å². The molecule has 94 valence electrons. The molecule has 1 aliphatic rings. The lowest BCUT2D eigenvalue weighted by Crippen LogP contribution is -2.23. The molecular formula is C13H26N2O. The van der Waals surface area contributed by atoms with E-state index in [1.54, 1.807) is 7.05 Å². The normalized spacial score (nSPS) is 17.3. The molecule has 2 N–H and O–H groups in total. The van der Waals surface area contributed by atoms with Crippen molar-refractivity contribution in [3.8, 4) is 0 Å². The highest BCUT2D eigenvalue weighted by molar-refractivity contribution is 5.75. The molecule has 0 aromatic carbocycles. The summed E-state index contributed by atoms with van der Waals surface area (Å²) in [6, 6.07) is 0. The molecule has 1 saturated carbocycles. The van der Waals surface area contributed by atoms with E-state index in [9.17, 15) is 4.79 Å². The van der Waals surface area contributed by atoms with Crippen molar-refractivity contribution in [1.29, 1.82) is 0 Å². The number of hydrogen-bond donors (Lipinski definition) is 2. The molecule has 1 amide bonds. The first-order valence-corrected chi connectivity index (χ1v) is 6.74. The molecule has 0 radical (unpaired) electrons. The third kappa shape index (κ3) is 6.11. The molecule has 0 saturated heterocycles. The van der Waals surface area contributed by atoms with Gasteiger partial charge in [-0.1, -0.05) is 32.1 Å². The Bertz CT molecular complexity index is 188. The molecule has 0 heterocycles. The smallest absolute Gasteiger partial charge is 0.219 e.